The van der Waals surface area contributed by atoms with Crippen LogP contribution in [0.15, 0.2) is 18.6 Å². The van der Waals surface area contributed by atoms with E-state index in [2.05, 4.69) is 15.3 Å². The zero-order valence-electron chi connectivity index (χ0n) is 10.5. The third-order valence-electron chi connectivity index (χ3n) is 3.12. The van der Waals surface area contributed by atoms with E-state index in [9.17, 15) is 9.59 Å². The summed E-state index contributed by atoms with van der Waals surface area (Å²) in [5.41, 5.74) is 0.718. The molecule has 1 aliphatic heterocycles. The minimum absolute atomic E-state index is 0.246. The highest BCUT2D eigenvalue weighted by Crippen LogP contribution is 2.16. The fraction of sp³-hybridized carbons (Fsp3) is 0.500. The largest absolute Gasteiger partial charge is 0.481 e. The van der Waals surface area contributed by atoms with Crippen molar-refractivity contribution in [2.45, 2.75) is 19.4 Å². The molecule has 7 heteroatoms. The van der Waals surface area contributed by atoms with Crippen LogP contribution in [0.4, 0.5) is 4.79 Å². The maximum atomic E-state index is 11.9. The summed E-state index contributed by atoms with van der Waals surface area (Å²) in [7, 11) is 0. The van der Waals surface area contributed by atoms with Crippen LogP contribution >= 0.6 is 0 Å². The molecule has 1 aromatic rings. The highest BCUT2D eigenvalue weighted by atomic mass is 16.4. The number of carbonyl (C=O) groups is 2. The van der Waals surface area contributed by atoms with Gasteiger partial charge in [0.05, 0.1) is 18.2 Å². The number of nitrogens with one attached hydrogen (secondary N) is 1. The predicted octanol–water partition coefficient (Wildman–Crippen LogP) is 0.483. The van der Waals surface area contributed by atoms with Gasteiger partial charge in [0.25, 0.3) is 0 Å². The van der Waals surface area contributed by atoms with Crippen molar-refractivity contribution in [2.75, 3.05) is 13.1 Å². The highest BCUT2D eigenvalue weighted by Gasteiger charge is 2.27. The molecule has 102 valence electrons. The second kappa shape index (κ2) is 6.12. The Hall–Kier alpha value is -2.18. The van der Waals surface area contributed by atoms with Crippen LogP contribution in [0.3, 0.4) is 0 Å². The molecule has 0 saturated carbocycles. The average molecular weight is 264 g/mol. The van der Waals surface area contributed by atoms with Gasteiger partial charge in [0.15, 0.2) is 0 Å². The fourth-order valence-corrected chi connectivity index (χ4v) is 2.06. The van der Waals surface area contributed by atoms with Crippen molar-refractivity contribution in [3.05, 3.63) is 24.3 Å². The van der Waals surface area contributed by atoms with E-state index < -0.39 is 11.9 Å². The molecular formula is C12H16N4O3. The smallest absolute Gasteiger partial charge is 0.317 e. The molecule has 2 rings (SSSR count). The van der Waals surface area contributed by atoms with E-state index in [1.165, 1.54) is 6.33 Å². The lowest BCUT2D eigenvalue weighted by Crippen LogP contribution is -2.46. The van der Waals surface area contributed by atoms with E-state index >= 15 is 0 Å². The van der Waals surface area contributed by atoms with E-state index in [0.29, 0.717) is 19.5 Å². The molecule has 1 atom stereocenters. The molecule has 2 N–H and O–H groups in total. The number of urea groups is 1. The molecular weight excluding hydrogens is 248 g/mol. The summed E-state index contributed by atoms with van der Waals surface area (Å²) in [6, 6.07) is 1.47. The lowest BCUT2D eigenvalue weighted by Gasteiger charge is -2.30. The molecule has 19 heavy (non-hydrogen) atoms. The number of nitrogens with zero attached hydrogens (tertiary/aromatic N) is 3. The van der Waals surface area contributed by atoms with Gasteiger partial charge in [-0.2, -0.15) is 0 Å². The minimum Gasteiger partial charge on any atom is -0.481 e. The van der Waals surface area contributed by atoms with E-state index in [-0.39, 0.29) is 12.6 Å². The van der Waals surface area contributed by atoms with E-state index in [1.807, 2.05) is 0 Å². The van der Waals surface area contributed by atoms with Gasteiger partial charge < -0.3 is 15.3 Å². The zero-order valence-corrected chi connectivity index (χ0v) is 10.5. The molecule has 1 aromatic heterocycles. The summed E-state index contributed by atoms with van der Waals surface area (Å²) in [5.74, 6) is -1.30. The van der Waals surface area contributed by atoms with Crippen LogP contribution in [0.2, 0.25) is 0 Å². The molecule has 2 heterocycles. The monoisotopic (exact) mass is 264 g/mol. The molecule has 7 nitrogen and oxygen atoms in total. The zero-order chi connectivity index (χ0) is 13.7. The Kier molecular flexibility index (Phi) is 4.27. The van der Waals surface area contributed by atoms with E-state index in [4.69, 9.17) is 5.11 Å². The Labute approximate surface area is 110 Å². The number of piperidine rings is 1. The number of aliphatic carboxylic acids is 1. The lowest BCUT2D eigenvalue weighted by molar-refractivity contribution is -0.143. The van der Waals surface area contributed by atoms with Crippen LogP contribution in [0.25, 0.3) is 0 Å². The Bertz CT molecular complexity index is 452. The molecule has 1 aliphatic rings. The first kappa shape index (κ1) is 13.3. The molecule has 2 amide bonds. The molecule has 0 unspecified atom stereocenters. The Morgan fingerprint density at radius 3 is 3.05 bits per heavy atom. The van der Waals surface area contributed by atoms with Crippen LogP contribution in [0.5, 0.6) is 0 Å². The molecule has 0 aromatic carbocycles. The van der Waals surface area contributed by atoms with Crippen LogP contribution in [-0.2, 0) is 11.3 Å². The number of rotatable bonds is 3. The van der Waals surface area contributed by atoms with Crippen molar-refractivity contribution in [2.24, 2.45) is 5.92 Å². The second-order valence-corrected chi connectivity index (χ2v) is 4.48. The summed E-state index contributed by atoms with van der Waals surface area (Å²) >= 11 is 0. The number of amides is 2. The summed E-state index contributed by atoms with van der Waals surface area (Å²) in [4.78, 5) is 32.2. The first-order valence-corrected chi connectivity index (χ1v) is 6.17. The summed E-state index contributed by atoms with van der Waals surface area (Å²) < 4.78 is 0. The number of likely N-dealkylation sites (tertiary alicyclic amines) is 1. The number of hydrogen-bond donors (Lipinski definition) is 2. The Morgan fingerprint density at radius 1 is 1.53 bits per heavy atom. The maximum absolute atomic E-state index is 11.9. The lowest BCUT2D eigenvalue weighted by atomic mass is 9.99. The number of carbonyl (C=O) groups excluding carboxylic acids is 1. The molecule has 1 saturated heterocycles. The van der Waals surface area contributed by atoms with Gasteiger partial charge in [0.2, 0.25) is 0 Å². The van der Waals surface area contributed by atoms with Gasteiger partial charge in [-0.15, -0.1) is 0 Å². The summed E-state index contributed by atoms with van der Waals surface area (Å²) in [6.45, 7) is 1.18. The normalized spacial score (nSPS) is 18.9. The van der Waals surface area contributed by atoms with Crippen molar-refractivity contribution in [1.29, 1.82) is 0 Å². The molecule has 1 fully saturated rings. The summed E-state index contributed by atoms with van der Waals surface area (Å²) in [6.07, 6.45) is 4.38. The van der Waals surface area contributed by atoms with Crippen LogP contribution in [-0.4, -0.2) is 45.1 Å². The second-order valence-electron chi connectivity index (χ2n) is 4.48. The van der Waals surface area contributed by atoms with Gasteiger partial charge in [-0.1, -0.05) is 0 Å². The van der Waals surface area contributed by atoms with Crippen molar-refractivity contribution < 1.29 is 14.7 Å². The first-order chi connectivity index (χ1) is 9.16. The molecule has 0 bridgehead atoms. The first-order valence-electron chi connectivity index (χ1n) is 6.17. The van der Waals surface area contributed by atoms with Crippen molar-refractivity contribution in [1.82, 2.24) is 20.2 Å². The Balaban J connectivity index is 1.84. The van der Waals surface area contributed by atoms with Gasteiger partial charge in [0.1, 0.15) is 6.33 Å². The van der Waals surface area contributed by atoms with Gasteiger partial charge in [-0.25, -0.2) is 14.8 Å². The van der Waals surface area contributed by atoms with Gasteiger partial charge in [-0.3, -0.25) is 4.79 Å². The van der Waals surface area contributed by atoms with Crippen LogP contribution in [0.1, 0.15) is 18.5 Å². The Morgan fingerprint density at radius 2 is 2.37 bits per heavy atom. The third-order valence-corrected chi connectivity index (χ3v) is 3.12. The van der Waals surface area contributed by atoms with Crippen molar-refractivity contribution in [3.8, 4) is 0 Å². The number of aromatic nitrogens is 2. The topological polar surface area (TPSA) is 95.4 Å². The molecule has 0 aliphatic carbocycles. The van der Waals surface area contributed by atoms with E-state index in [0.717, 1.165) is 12.1 Å². The number of carboxylic acid groups (broad SMARTS) is 1. The highest BCUT2D eigenvalue weighted by molar-refractivity contribution is 5.76. The predicted molar refractivity (Wildman–Crippen MR) is 66.2 cm³/mol. The quantitative estimate of drug-likeness (QED) is 0.828. The standard InChI is InChI=1S/C12H16N4O3/c17-11(18)9-2-1-5-16(7-9)12(19)14-6-10-3-4-13-8-15-10/h3-4,8-9H,1-2,5-7H2,(H,14,19)(H,17,18)/t9-/m1/s1. The maximum Gasteiger partial charge on any atom is 0.317 e. The number of carboxylic acids is 1. The van der Waals surface area contributed by atoms with Crippen LogP contribution in [0, 0.1) is 5.92 Å². The molecule has 0 radical (unpaired) electrons. The van der Waals surface area contributed by atoms with Gasteiger partial charge in [0, 0.05) is 19.3 Å². The number of hydrogen-bond acceptors (Lipinski definition) is 4. The van der Waals surface area contributed by atoms with Crippen LogP contribution < -0.4 is 5.32 Å². The average Bonchev–Trinajstić information content (AvgIpc) is 2.46. The minimum atomic E-state index is -0.840. The van der Waals surface area contributed by atoms with Gasteiger partial charge in [-0.05, 0) is 18.9 Å². The SMILES string of the molecule is O=C(O)[C@@H]1CCCN(C(=O)NCc2ccncn2)C1. The molecule has 0 spiro atoms. The third kappa shape index (κ3) is 3.64. The fourth-order valence-electron chi connectivity index (χ4n) is 2.06. The van der Waals surface area contributed by atoms with Crippen molar-refractivity contribution >= 4 is 12.0 Å². The van der Waals surface area contributed by atoms with Gasteiger partial charge >= 0.3 is 12.0 Å². The van der Waals surface area contributed by atoms with Crippen molar-refractivity contribution in [3.63, 3.8) is 0 Å². The summed E-state index contributed by atoms with van der Waals surface area (Å²) in [5, 5.41) is 11.7. The van der Waals surface area contributed by atoms with E-state index in [1.54, 1.807) is 17.2 Å².